The van der Waals surface area contributed by atoms with E-state index in [9.17, 15) is 0 Å². The van der Waals surface area contributed by atoms with Crippen LogP contribution < -0.4 is 5.32 Å². The Morgan fingerprint density at radius 3 is 2.89 bits per heavy atom. The lowest BCUT2D eigenvalue weighted by Crippen LogP contribution is -2.26. The third kappa shape index (κ3) is 2.93. The Bertz CT molecular complexity index is 616. The molecule has 0 saturated carbocycles. The van der Waals surface area contributed by atoms with Crippen LogP contribution in [-0.4, -0.2) is 41.0 Å². The molecule has 2 heterocycles. The lowest BCUT2D eigenvalue weighted by atomic mass is 10.2. The summed E-state index contributed by atoms with van der Waals surface area (Å²) >= 11 is 5.17. The third-order valence-corrected chi connectivity index (χ3v) is 3.75. The highest BCUT2D eigenvalue weighted by Crippen LogP contribution is 2.18. The zero-order valence-electron chi connectivity index (χ0n) is 10.9. The number of nitrogens with zero attached hydrogens (tertiary/aromatic N) is 2. The summed E-state index contributed by atoms with van der Waals surface area (Å²) in [4.78, 5) is 9.99. The van der Waals surface area contributed by atoms with Gasteiger partial charge in [0, 0.05) is 18.5 Å². The summed E-state index contributed by atoms with van der Waals surface area (Å²) in [6.45, 7) is 4.44. The fraction of sp³-hybridized carbons (Fsp3) is 0.429. The molecule has 0 bridgehead atoms. The normalized spacial score (nSPS) is 16.0. The molecule has 4 nitrogen and oxygen atoms in total. The van der Waals surface area contributed by atoms with Gasteiger partial charge in [-0.3, -0.25) is 0 Å². The minimum Gasteiger partial charge on any atom is -0.368 e. The van der Waals surface area contributed by atoms with Crippen molar-refractivity contribution in [3.8, 4) is 0 Å². The molecule has 0 aliphatic carbocycles. The number of hydrogen-bond acceptors (Lipinski definition) is 4. The van der Waals surface area contributed by atoms with Crippen LogP contribution in [0, 0.1) is 4.77 Å². The van der Waals surface area contributed by atoms with Gasteiger partial charge in [0.1, 0.15) is 5.82 Å². The van der Waals surface area contributed by atoms with Crippen molar-refractivity contribution in [1.82, 2.24) is 14.9 Å². The lowest BCUT2D eigenvalue weighted by molar-refractivity contribution is 0.352. The number of para-hydroxylation sites is 1. The zero-order valence-corrected chi connectivity index (χ0v) is 11.7. The largest absolute Gasteiger partial charge is 0.368 e. The van der Waals surface area contributed by atoms with Gasteiger partial charge >= 0.3 is 0 Å². The number of nitrogens with one attached hydrogen (secondary N) is 2. The maximum atomic E-state index is 5.17. The topological polar surface area (TPSA) is 44.0 Å². The Balaban J connectivity index is 1.74. The summed E-state index contributed by atoms with van der Waals surface area (Å²) in [5.74, 6) is 0.888. The zero-order chi connectivity index (χ0) is 13.1. The van der Waals surface area contributed by atoms with Gasteiger partial charge in [-0.05, 0) is 50.3 Å². The number of likely N-dealkylation sites (tertiary alicyclic amines) is 1. The molecule has 1 aromatic heterocycles. The smallest absolute Gasteiger partial charge is 0.199 e. The Hall–Kier alpha value is -1.46. The van der Waals surface area contributed by atoms with Crippen molar-refractivity contribution >= 4 is 28.9 Å². The number of fused-ring (bicyclic) bond motifs is 1. The minimum absolute atomic E-state index is 0.530. The SMILES string of the molecule is S=c1nc(NCCN2CCCC2)c2ccccc2[nH]1. The van der Waals surface area contributed by atoms with Crippen LogP contribution in [0.4, 0.5) is 5.82 Å². The monoisotopic (exact) mass is 274 g/mol. The predicted octanol–water partition coefficient (Wildman–Crippen LogP) is 2.80. The van der Waals surface area contributed by atoms with Gasteiger partial charge in [-0.25, -0.2) is 4.98 Å². The van der Waals surface area contributed by atoms with E-state index in [1.165, 1.54) is 25.9 Å². The van der Waals surface area contributed by atoms with E-state index in [2.05, 4.69) is 26.3 Å². The molecule has 0 atom stereocenters. The van der Waals surface area contributed by atoms with Crippen molar-refractivity contribution in [3.63, 3.8) is 0 Å². The molecule has 0 spiro atoms. The standard InChI is InChI=1S/C14H18N4S/c19-14-16-12-6-2-1-5-11(12)13(17-14)15-7-10-18-8-3-4-9-18/h1-2,5-6H,3-4,7-10H2,(H2,15,16,17,19). The van der Waals surface area contributed by atoms with E-state index in [4.69, 9.17) is 12.2 Å². The van der Waals surface area contributed by atoms with E-state index in [1.807, 2.05) is 18.2 Å². The summed E-state index contributed by atoms with van der Waals surface area (Å²) in [7, 11) is 0. The molecule has 0 radical (unpaired) electrons. The number of H-pyrrole nitrogens is 1. The Morgan fingerprint density at radius 2 is 2.05 bits per heavy atom. The van der Waals surface area contributed by atoms with Crippen molar-refractivity contribution in [2.24, 2.45) is 0 Å². The first-order chi connectivity index (χ1) is 9.33. The van der Waals surface area contributed by atoms with Gasteiger partial charge in [-0.15, -0.1) is 0 Å². The molecular formula is C14H18N4S. The van der Waals surface area contributed by atoms with E-state index in [1.54, 1.807) is 0 Å². The summed E-state index contributed by atoms with van der Waals surface area (Å²) in [6.07, 6.45) is 2.66. The summed E-state index contributed by atoms with van der Waals surface area (Å²) < 4.78 is 0.530. The number of anilines is 1. The van der Waals surface area contributed by atoms with Gasteiger partial charge in [-0.1, -0.05) is 12.1 Å². The number of aromatic nitrogens is 2. The van der Waals surface area contributed by atoms with Crippen LogP contribution in [0.25, 0.3) is 10.9 Å². The molecule has 100 valence electrons. The molecule has 1 aliphatic rings. The average Bonchev–Trinajstić information content (AvgIpc) is 2.91. The first kappa shape index (κ1) is 12.6. The fourth-order valence-electron chi connectivity index (χ4n) is 2.58. The minimum atomic E-state index is 0.530. The van der Waals surface area contributed by atoms with Gasteiger partial charge in [0.2, 0.25) is 0 Å². The van der Waals surface area contributed by atoms with Crippen molar-refractivity contribution in [3.05, 3.63) is 29.0 Å². The predicted molar refractivity (Wildman–Crippen MR) is 81.1 cm³/mol. The Labute approximate surface area is 117 Å². The highest BCUT2D eigenvalue weighted by molar-refractivity contribution is 7.71. The highest BCUT2D eigenvalue weighted by atomic mass is 32.1. The van der Waals surface area contributed by atoms with Gasteiger partial charge in [0.25, 0.3) is 0 Å². The molecule has 0 unspecified atom stereocenters. The van der Waals surface area contributed by atoms with Gasteiger partial charge < -0.3 is 15.2 Å². The fourth-order valence-corrected chi connectivity index (χ4v) is 2.78. The Morgan fingerprint density at radius 1 is 1.26 bits per heavy atom. The first-order valence-electron chi connectivity index (χ1n) is 6.78. The van der Waals surface area contributed by atoms with Crippen molar-refractivity contribution < 1.29 is 0 Å². The number of aromatic amines is 1. The summed E-state index contributed by atoms with van der Waals surface area (Å²) in [6, 6.07) is 8.11. The second-order valence-corrected chi connectivity index (χ2v) is 5.30. The first-order valence-corrected chi connectivity index (χ1v) is 7.19. The molecule has 19 heavy (non-hydrogen) atoms. The maximum absolute atomic E-state index is 5.17. The van der Waals surface area contributed by atoms with Crippen LogP contribution in [0.15, 0.2) is 24.3 Å². The molecule has 2 N–H and O–H groups in total. The third-order valence-electron chi connectivity index (χ3n) is 3.56. The molecule has 1 aliphatic heterocycles. The molecule has 1 saturated heterocycles. The second-order valence-electron chi connectivity index (χ2n) is 4.91. The molecule has 1 aromatic carbocycles. The van der Waals surface area contributed by atoms with Crippen LogP contribution in [0.1, 0.15) is 12.8 Å². The Kier molecular flexibility index (Phi) is 3.75. The highest BCUT2D eigenvalue weighted by Gasteiger charge is 2.10. The van der Waals surface area contributed by atoms with E-state index in [0.29, 0.717) is 4.77 Å². The van der Waals surface area contributed by atoms with E-state index < -0.39 is 0 Å². The molecule has 1 fully saturated rings. The van der Waals surface area contributed by atoms with Crippen LogP contribution in [-0.2, 0) is 0 Å². The van der Waals surface area contributed by atoms with Crippen LogP contribution in [0.2, 0.25) is 0 Å². The van der Waals surface area contributed by atoms with Gasteiger partial charge in [-0.2, -0.15) is 0 Å². The summed E-state index contributed by atoms with van der Waals surface area (Å²) in [5.41, 5.74) is 1.03. The quantitative estimate of drug-likeness (QED) is 0.842. The molecule has 2 aromatic rings. The molecule has 0 amide bonds. The molecule has 5 heteroatoms. The van der Waals surface area contributed by atoms with E-state index >= 15 is 0 Å². The van der Waals surface area contributed by atoms with Crippen LogP contribution >= 0.6 is 12.2 Å². The molecular weight excluding hydrogens is 256 g/mol. The number of benzene rings is 1. The van der Waals surface area contributed by atoms with Crippen molar-refractivity contribution in [2.75, 3.05) is 31.5 Å². The van der Waals surface area contributed by atoms with E-state index in [0.717, 1.165) is 29.8 Å². The average molecular weight is 274 g/mol. The van der Waals surface area contributed by atoms with E-state index in [-0.39, 0.29) is 0 Å². The number of hydrogen-bond donors (Lipinski definition) is 2. The second kappa shape index (κ2) is 5.67. The summed E-state index contributed by atoms with van der Waals surface area (Å²) in [5, 5.41) is 4.51. The van der Waals surface area contributed by atoms with Crippen molar-refractivity contribution in [2.45, 2.75) is 12.8 Å². The molecule has 3 rings (SSSR count). The lowest BCUT2D eigenvalue weighted by Gasteiger charge is -2.15. The van der Waals surface area contributed by atoms with Crippen LogP contribution in [0.3, 0.4) is 0 Å². The number of rotatable bonds is 4. The van der Waals surface area contributed by atoms with Crippen molar-refractivity contribution in [1.29, 1.82) is 0 Å². The van der Waals surface area contributed by atoms with Gasteiger partial charge in [0.15, 0.2) is 4.77 Å². The van der Waals surface area contributed by atoms with Crippen LogP contribution in [0.5, 0.6) is 0 Å². The maximum Gasteiger partial charge on any atom is 0.199 e. The van der Waals surface area contributed by atoms with Gasteiger partial charge in [0.05, 0.1) is 5.52 Å².